The van der Waals surface area contributed by atoms with Crippen molar-refractivity contribution in [2.24, 2.45) is 0 Å². The molecule has 27 heavy (non-hydrogen) atoms. The number of carbonyl (C=O) groups excluding carboxylic acids is 1. The number of para-hydroxylation sites is 1. The fourth-order valence-corrected chi connectivity index (χ4v) is 2.84. The summed E-state index contributed by atoms with van der Waals surface area (Å²) >= 11 is 0. The van der Waals surface area contributed by atoms with Crippen LogP contribution < -0.4 is 20.3 Å². The molecule has 1 N–H and O–H groups in total. The predicted molar refractivity (Wildman–Crippen MR) is 104 cm³/mol. The van der Waals surface area contributed by atoms with Crippen LogP contribution in [0.5, 0.6) is 11.5 Å². The van der Waals surface area contributed by atoms with Crippen molar-refractivity contribution < 1.29 is 14.3 Å². The van der Waals surface area contributed by atoms with E-state index in [-0.39, 0.29) is 24.4 Å². The molecule has 1 heterocycles. The Morgan fingerprint density at radius 1 is 1.19 bits per heavy atom. The van der Waals surface area contributed by atoms with E-state index in [1.807, 2.05) is 19.1 Å². The van der Waals surface area contributed by atoms with Crippen molar-refractivity contribution in [2.75, 3.05) is 19.5 Å². The second-order valence-corrected chi connectivity index (χ2v) is 6.08. The topological polar surface area (TPSA) is 82.4 Å². The molecule has 0 spiro atoms. The van der Waals surface area contributed by atoms with Gasteiger partial charge >= 0.3 is 0 Å². The molecule has 1 aromatic heterocycles. The number of hydrogen-bond donors (Lipinski definition) is 1. The number of rotatable bonds is 6. The van der Waals surface area contributed by atoms with Gasteiger partial charge in [-0.25, -0.2) is 4.98 Å². The van der Waals surface area contributed by atoms with Gasteiger partial charge in [-0.1, -0.05) is 12.1 Å². The average molecular weight is 367 g/mol. The van der Waals surface area contributed by atoms with E-state index in [1.54, 1.807) is 31.4 Å². The number of benzene rings is 2. The van der Waals surface area contributed by atoms with Crippen LogP contribution in [0.15, 0.2) is 47.5 Å². The Morgan fingerprint density at radius 2 is 2.00 bits per heavy atom. The van der Waals surface area contributed by atoms with Crippen LogP contribution in [-0.4, -0.2) is 29.7 Å². The van der Waals surface area contributed by atoms with E-state index in [4.69, 9.17) is 9.47 Å². The number of amides is 1. The smallest absolute Gasteiger partial charge is 0.261 e. The molecular formula is C20H21N3O4. The number of nitrogens with zero attached hydrogens (tertiary/aromatic N) is 2. The highest BCUT2D eigenvalue weighted by molar-refractivity contribution is 5.92. The van der Waals surface area contributed by atoms with E-state index in [2.05, 4.69) is 10.3 Å². The van der Waals surface area contributed by atoms with E-state index < -0.39 is 0 Å². The molecule has 0 saturated carbocycles. The third-order valence-electron chi connectivity index (χ3n) is 4.32. The van der Waals surface area contributed by atoms with Gasteiger partial charge < -0.3 is 14.8 Å². The van der Waals surface area contributed by atoms with Gasteiger partial charge in [-0.2, -0.15) is 0 Å². The zero-order valence-electron chi connectivity index (χ0n) is 15.5. The summed E-state index contributed by atoms with van der Waals surface area (Å²) in [5, 5.41) is 3.34. The van der Waals surface area contributed by atoms with Crippen LogP contribution in [0.4, 0.5) is 5.69 Å². The molecular weight excluding hydrogens is 346 g/mol. The summed E-state index contributed by atoms with van der Waals surface area (Å²) in [4.78, 5) is 29.3. The molecule has 0 radical (unpaired) electrons. The number of aromatic nitrogens is 2. The van der Waals surface area contributed by atoms with Gasteiger partial charge in [0.1, 0.15) is 11.5 Å². The van der Waals surface area contributed by atoms with Gasteiger partial charge in [-0.15, -0.1) is 0 Å². The molecule has 0 aliphatic carbocycles. The first kappa shape index (κ1) is 18.4. The SMILES string of the molecule is COc1ccc(OC)c(NC(=O)CCn2cnc3c(C)cccc3c2=O)c1. The molecule has 7 heteroatoms. The number of anilines is 1. The highest BCUT2D eigenvalue weighted by atomic mass is 16.5. The summed E-state index contributed by atoms with van der Waals surface area (Å²) in [6.07, 6.45) is 1.61. The maximum atomic E-state index is 12.6. The highest BCUT2D eigenvalue weighted by Gasteiger charge is 2.11. The monoisotopic (exact) mass is 367 g/mol. The van der Waals surface area contributed by atoms with Crippen LogP contribution in [0.1, 0.15) is 12.0 Å². The summed E-state index contributed by atoms with van der Waals surface area (Å²) in [6.45, 7) is 2.14. The minimum Gasteiger partial charge on any atom is -0.497 e. The lowest BCUT2D eigenvalue weighted by Gasteiger charge is -2.12. The Morgan fingerprint density at radius 3 is 2.74 bits per heavy atom. The number of aryl methyl sites for hydroxylation is 2. The number of carbonyl (C=O) groups is 1. The fraction of sp³-hybridized carbons (Fsp3) is 0.250. The Hall–Kier alpha value is -3.35. The first-order valence-electron chi connectivity index (χ1n) is 8.50. The molecule has 1 amide bonds. The lowest BCUT2D eigenvalue weighted by Crippen LogP contribution is -2.24. The fourth-order valence-electron chi connectivity index (χ4n) is 2.84. The molecule has 3 rings (SSSR count). The van der Waals surface area contributed by atoms with Crippen molar-refractivity contribution >= 4 is 22.5 Å². The number of hydrogen-bond acceptors (Lipinski definition) is 5. The van der Waals surface area contributed by atoms with Crippen molar-refractivity contribution in [3.8, 4) is 11.5 Å². The number of nitrogens with one attached hydrogen (secondary N) is 1. The van der Waals surface area contributed by atoms with E-state index in [1.165, 1.54) is 18.0 Å². The van der Waals surface area contributed by atoms with Gasteiger partial charge in [0.25, 0.3) is 5.56 Å². The first-order chi connectivity index (χ1) is 13.0. The van der Waals surface area contributed by atoms with Crippen LogP contribution in [-0.2, 0) is 11.3 Å². The summed E-state index contributed by atoms with van der Waals surface area (Å²) in [7, 11) is 3.08. The molecule has 0 unspecified atom stereocenters. The molecule has 0 aliphatic heterocycles. The second kappa shape index (κ2) is 7.90. The normalized spacial score (nSPS) is 10.6. The van der Waals surface area contributed by atoms with Gasteiger partial charge in [-0.3, -0.25) is 14.2 Å². The van der Waals surface area contributed by atoms with E-state index in [0.717, 1.165) is 5.56 Å². The van der Waals surface area contributed by atoms with E-state index in [0.29, 0.717) is 28.1 Å². The molecule has 7 nitrogen and oxygen atoms in total. The number of ether oxygens (including phenoxy) is 2. The summed E-state index contributed by atoms with van der Waals surface area (Å²) in [5.41, 5.74) is 1.99. The zero-order valence-corrected chi connectivity index (χ0v) is 15.5. The second-order valence-electron chi connectivity index (χ2n) is 6.08. The third kappa shape index (κ3) is 3.92. The molecule has 0 aliphatic rings. The van der Waals surface area contributed by atoms with Gasteiger partial charge in [0.05, 0.1) is 37.1 Å². The maximum Gasteiger partial charge on any atom is 0.261 e. The Kier molecular flexibility index (Phi) is 5.40. The maximum absolute atomic E-state index is 12.6. The molecule has 3 aromatic rings. The quantitative estimate of drug-likeness (QED) is 0.724. The van der Waals surface area contributed by atoms with Gasteiger partial charge in [0.15, 0.2) is 0 Å². The summed E-state index contributed by atoms with van der Waals surface area (Å²) in [6, 6.07) is 10.6. The van der Waals surface area contributed by atoms with Crippen molar-refractivity contribution in [3.63, 3.8) is 0 Å². The van der Waals surface area contributed by atoms with Crippen molar-refractivity contribution in [3.05, 3.63) is 58.6 Å². The van der Waals surface area contributed by atoms with Crippen LogP contribution in [0.2, 0.25) is 0 Å². The van der Waals surface area contributed by atoms with Gasteiger partial charge in [0.2, 0.25) is 5.91 Å². The number of fused-ring (bicyclic) bond motifs is 1. The molecule has 2 aromatic carbocycles. The van der Waals surface area contributed by atoms with E-state index in [9.17, 15) is 9.59 Å². The third-order valence-corrected chi connectivity index (χ3v) is 4.32. The lowest BCUT2D eigenvalue weighted by atomic mass is 10.1. The molecule has 140 valence electrons. The minimum absolute atomic E-state index is 0.124. The zero-order chi connectivity index (χ0) is 19.4. The van der Waals surface area contributed by atoms with Gasteiger partial charge in [-0.05, 0) is 30.7 Å². The standard InChI is InChI=1S/C20H21N3O4/c1-13-5-4-6-15-19(13)21-12-23(20(15)25)10-9-18(24)22-16-11-14(26-2)7-8-17(16)27-3/h4-8,11-12H,9-10H2,1-3H3,(H,22,24). The van der Waals surface area contributed by atoms with Crippen molar-refractivity contribution in [1.29, 1.82) is 0 Å². The van der Waals surface area contributed by atoms with Crippen LogP contribution in [0.25, 0.3) is 10.9 Å². The van der Waals surface area contributed by atoms with Gasteiger partial charge in [0, 0.05) is 19.0 Å². The average Bonchev–Trinajstić information content (AvgIpc) is 2.68. The van der Waals surface area contributed by atoms with Crippen molar-refractivity contribution in [1.82, 2.24) is 9.55 Å². The Bertz CT molecular complexity index is 1040. The van der Waals surface area contributed by atoms with E-state index >= 15 is 0 Å². The molecule has 0 bridgehead atoms. The number of methoxy groups -OCH3 is 2. The van der Waals surface area contributed by atoms with Crippen LogP contribution in [0.3, 0.4) is 0 Å². The van der Waals surface area contributed by atoms with Crippen LogP contribution in [0, 0.1) is 6.92 Å². The predicted octanol–water partition coefficient (Wildman–Crippen LogP) is 2.75. The molecule has 0 atom stereocenters. The molecule has 0 saturated heterocycles. The first-order valence-corrected chi connectivity index (χ1v) is 8.50. The largest absolute Gasteiger partial charge is 0.497 e. The minimum atomic E-state index is -0.238. The lowest BCUT2D eigenvalue weighted by molar-refractivity contribution is -0.116. The van der Waals surface area contributed by atoms with Crippen molar-refractivity contribution in [2.45, 2.75) is 19.9 Å². The Labute approximate surface area is 156 Å². The van der Waals surface area contributed by atoms with Crippen LogP contribution >= 0.6 is 0 Å². The highest BCUT2D eigenvalue weighted by Crippen LogP contribution is 2.28. The Balaban J connectivity index is 1.74. The summed E-state index contributed by atoms with van der Waals surface area (Å²) < 4.78 is 11.9. The molecule has 0 fully saturated rings. The summed E-state index contributed by atoms with van der Waals surface area (Å²) in [5.74, 6) is 0.901.